The molecule has 2 aromatic heterocycles. The van der Waals surface area contributed by atoms with Crippen molar-refractivity contribution >= 4 is 81.2 Å². The number of benzene rings is 6. The van der Waals surface area contributed by atoms with Crippen molar-refractivity contribution in [3.63, 3.8) is 0 Å². The summed E-state index contributed by atoms with van der Waals surface area (Å²) in [6.45, 7) is 0. The monoisotopic (exact) mass is 485 g/mol. The van der Waals surface area contributed by atoms with Gasteiger partial charge < -0.3 is 8.98 Å². The van der Waals surface area contributed by atoms with E-state index in [-0.39, 0.29) is 0 Å². The van der Waals surface area contributed by atoms with Gasteiger partial charge in [-0.1, -0.05) is 70.5 Å². The minimum Gasteiger partial charge on any atom is -0.456 e. The molecule has 0 saturated heterocycles. The average Bonchev–Trinajstić information content (AvgIpc) is 3.40. The Morgan fingerprint density at radius 3 is 1.85 bits per heavy atom. The van der Waals surface area contributed by atoms with Crippen LogP contribution in [0, 0.1) is 0 Å². The number of nitrogens with zero attached hydrogens (tertiary/aromatic N) is 1. The summed E-state index contributed by atoms with van der Waals surface area (Å²) in [7, 11) is 0. The number of hydrogen-bond acceptors (Lipinski definition) is 1. The first-order chi connectivity index (χ1) is 16.3. The van der Waals surface area contributed by atoms with Gasteiger partial charge in [-0.25, -0.2) is 0 Å². The molecule has 0 fully saturated rings. The zero-order valence-electron chi connectivity index (χ0n) is 17.5. The van der Waals surface area contributed by atoms with Gasteiger partial charge in [0.2, 0.25) is 0 Å². The van der Waals surface area contributed by atoms with Gasteiger partial charge in [-0.15, -0.1) is 0 Å². The van der Waals surface area contributed by atoms with Crippen molar-refractivity contribution in [3.05, 3.63) is 102 Å². The number of fused-ring (bicyclic) bond motifs is 6. The Kier molecular flexibility index (Phi) is 3.30. The summed E-state index contributed by atoms with van der Waals surface area (Å²) in [5.74, 6) is 0. The number of hydrogen-bond donors (Lipinski definition) is 0. The molecule has 0 amide bonds. The first-order valence-electron chi connectivity index (χ1n) is 11.1. The van der Waals surface area contributed by atoms with E-state index in [0.717, 1.165) is 32.1 Å². The summed E-state index contributed by atoms with van der Waals surface area (Å²) in [5, 5.41) is 10.1. The van der Waals surface area contributed by atoms with Crippen molar-refractivity contribution in [2.45, 2.75) is 0 Å². The molecule has 2 nitrogen and oxygen atoms in total. The van der Waals surface area contributed by atoms with E-state index in [9.17, 15) is 0 Å². The van der Waals surface area contributed by atoms with E-state index < -0.39 is 0 Å². The first-order valence-corrected chi connectivity index (χ1v) is 11.9. The van der Waals surface area contributed by atoms with Crippen LogP contribution in [0.1, 0.15) is 0 Å². The standard InChI is InChI=1S/C30H16BrNO/c31-23-10-5-13-27-28(23)22-16-17(14-15-26(22)33-27)32-24-11-3-8-20-18-6-1-2-7-19(18)21-9-4-12-25(32)30(21)29(20)24/h1-16H. The normalized spacial score (nSPS) is 12.4. The van der Waals surface area contributed by atoms with E-state index in [0.29, 0.717) is 0 Å². The first kappa shape index (κ1) is 17.7. The lowest BCUT2D eigenvalue weighted by atomic mass is 9.95. The smallest absolute Gasteiger partial charge is 0.136 e. The van der Waals surface area contributed by atoms with Crippen LogP contribution in [0.25, 0.3) is 71.0 Å². The summed E-state index contributed by atoms with van der Waals surface area (Å²) in [6.07, 6.45) is 0. The van der Waals surface area contributed by atoms with E-state index in [4.69, 9.17) is 4.42 Å². The summed E-state index contributed by atoms with van der Waals surface area (Å²) in [6, 6.07) is 34.7. The second kappa shape index (κ2) is 6.15. The number of aromatic nitrogens is 1. The Morgan fingerprint density at radius 1 is 0.515 bits per heavy atom. The highest BCUT2D eigenvalue weighted by atomic mass is 79.9. The third-order valence-corrected chi connectivity index (χ3v) is 7.67. The van der Waals surface area contributed by atoms with Gasteiger partial charge in [0.15, 0.2) is 0 Å². The van der Waals surface area contributed by atoms with Gasteiger partial charge >= 0.3 is 0 Å². The molecule has 0 unspecified atom stereocenters. The Labute approximate surface area is 197 Å². The number of furan rings is 1. The third kappa shape index (κ3) is 2.18. The summed E-state index contributed by atoms with van der Waals surface area (Å²) in [4.78, 5) is 0. The Morgan fingerprint density at radius 2 is 1.15 bits per heavy atom. The predicted octanol–water partition coefficient (Wildman–Crippen LogP) is 9.19. The van der Waals surface area contributed by atoms with Crippen molar-refractivity contribution in [2.24, 2.45) is 0 Å². The van der Waals surface area contributed by atoms with Crippen LogP contribution in [0.15, 0.2) is 106 Å². The highest BCUT2D eigenvalue weighted by Crippen LogP contribution is 2.44. The largest absolute Gasteiger partial charge is 0.456 e. The molecule has 2 heterocycles. The summed E-state index contributed by atoms with van der Waals surface area (Å²) >= 11 is 3.73. The fourth-order valence-corrected chi connectivity index (χ4v) is 6.26. The molecule has 0 aliphatic rings. The molecule has 0 N–H and O–H groups in total. The van der Waals surface area contributed by atoms with Crippen molar-refractivity contribution in [1.29, 1.82) is 0 Å². The van der Waals surface area contributed by atoms with E-state index in [1.807, 2.05) is 12.1 Å². The molecular formula is C30H16BrNO. The second-order valence-electron chi connectivity index (χ2n) is 8.68. The lowest BCUT2D eigenvalue weighted by Gasteiger charge is -2.08. The van der Waals surface area contributed by atoms with Crippen LogP contribution >= 0.6 is 15.9 Å². The molecule has 3 heteroatoms. The fourth-order valence-electron chi connectivity index (χ4n) is 5.70. The van der Waals surface area contributed by atoms with Crippen molar-refractivity contribution < 1.29 is 4.42 Å². The van der Waals surface area contributed by atoms with Gasteiger partial charge in [-0.2, -0.15) is 0 Å². The molecule has 33 heavy (non-hydrogen) atoms. The highest BCUT2D eigenvalue weighted by Gasteiger charge is 2.20. The molecule has 0 atom stereocenters. The fraction of sp³-hybridized carbons (Fsp3) is 0. The third-order valence-electron chi connectivity index (χ3n) is 7.01. The van der Waals surface area contributed by atoms with Crippen molar-refractivity contribution in [3.8, 4) is 5.69 Å². The summed E-state index contributed by atoms with van der Waals surface area (Å²) < 4.78 is 9.59. The maximum absolute atomic E-state index is 6.13. The van der Waals surface area contributed by atoms with Crippen LogP contribution in [0.2, 0.25) is 0 Å². The maximum Gasteiger partial charge on any atom is 0.136 e. The predicted molar refractivity (Wildman–Crippen MR) is 142 cm³/mol. The van der Waals surface area contributed by atoms with Crippen LogP contribution in [0.4, 0.5) is 0 Å². The Balaban J connectivity index is 1.58. The molecule has 0 radical (unpaired) electrons. The molecular weight excluding hydrogens is 470 g/mol. The topological polar surface area (TPSA) is 18.1 Å². The zero-order valence-corrected chi connectivity index (χ0v) is 19.1. The van der Waals surface area contributed by atoms with E-state index in [2.05, 4.69) is 105 Å². The van der Waals surface area contributed by atoms with Crippen LogP contribution < -0.4 is 0 Å². The number of halogens is 1. The lowest BCUT2D eigenvalue weighted by Crippen LogP contribution is -1.93. The SMILES string of the molecule is Brc1cccc2oc3ccc(-n4c5cccc6c7ccccc7c7cccc4c7c65)cc3c12. The average molecular weight is 486 g/mol. The van der Waals surface area contributed by atoms with Crippen molar-refractivity contribution in [1.82, 2.24) is 4.57 Å². The molecule has 154 valence electrons. The Hall–Kier alpha value is -3.82. The van der Waals surface area contributed by atoms with Gasteiger partial charge in [0.1, 0.15) is 11.2 Å². The van der Waals surface area contributed by atoms with Gasteiger partial charge in [0.05, 0.1) is 11.0 Å². The molecule has 0 spiro atoms. The van der Waals surface area contributed by atoms with E-state index in [1.165, 1.54) is 43.4 Å². The van der Waals surface area contributed by atoms with Crippen molar-refractivity contribution in [2.75, 3.05) is 0 Å². The Bertz CT molecular complexity index is 1960. The van der Waals surface area contributed by atoms with Gasteiger partial charge in [0.25, 0.3) is 0 Å². The molecule has 6 aromatic carbocycles. The molecule has 0 aliphatic carbocycles. The molecule has 8 rings (SSSR count). The molecule has 0 aliphatic heterocycles. The maximum atomic E-state index is 6.13. The van der Waals surface area contributed by atoms with Gasteiger partial charge in [0, 0.05) is 31.7 Å². The van der Waals surface area contributed by atoms with Crippen LogP contribution in [-0.2, 0) is 0 Å². The van der Waals surface area contributed by atoms with Crippen LogP contribution in [0.5, 0.6) is 0 Å². The lowest BCUT2D eigenvalue weighted by molar-refractivity contribution is 0.669. The minimum atomic E-state index is 0.900. The second-order valence-corrected chi connectivity index (χ2v) is 9.53. The quantitative estimate of drug-likeness (QED) is 0.212. The minimum absolute atomic E-state index is 0.900. The van der Waals surface area contributed by atoms with Gasteiger partial charge in [-0.05, 0) is 64.0 Å². The van der Waals surface area contributed by atoms with Gasteiger partial charge in [-0.3, -0.25) is 0 Å². The van der Waals surface area contributed by atoms with E-state index in [1.54, 1.807) is 0 Å². The molecule has 8 aromatic rings. The highest BCUT2D eigenvalue weighted by molar-refractivity contribution is 9.10. The van der Waals surface area contributed by atoms with Crippen LogP contribution in [0.3, 0.4) is 0 Å². The molecule has 0 bridgehead atoms. The molecule has 0 saturated carbocycles. The number of rotatable bonds is 1. The zero-order chi connectivity index (χ0) is 21.7. The van der Waals surface area contributed by atoms with E-state index >= 15 is 0 Å². The van der Waals surface area contributed by atoms with Crippen LogP contribution in [-0.4, -0.2) is 4.57 Å². The summed E-state index contributed by atoms with van der Waals surface area (Å²) in [5.41, 5.74) is 5.41.